The van der Waals surface area contributed by atoms with Crippen LogP contribution in [0.4, 0.5) is 10.3 Å². The second-order valence-corrected chi connectivity index (χ2v) is 7.93. The Kier molecular flexibility index (Phi) is 5.02. The molecule has 27 heavy (non-hydrogen) atoms. The van der Waals surface area contributed by atoms with E-state index in [0.717, 1.165) is 4.31 Å². The number of nitrogens with one attached hydrogen (secondary N) is 2. The van der Waals surface area contributed by atoms with Gasteiger partial charge < -0.3 is 0 Å². The number of halogens is 1. The lowest BCUT2D eigenvalue weighted by Crippen LogP contribution is -2.22. The van der Waals surface area contributed by atoms with Crippen molar-refractivity contribution in [1.82, 2.24) is 19.5 Å². The van der Waals surface area contributed by atoms with Crippen molar-refractivity contribution in [2.45, 2.75) is 4.90 Å². The third kappa shape index (κ3) is 4.01. The second kappa shape index (κ2) is 7.25. The standard InChI is InChI=1S/C17H16FN5O3S/c1-23(2)27(25,26)14-9-5-12(6-10-14)16(24)20-17-19-15(21-22-17)11-3-7-13(18)8-4-11/h3-10H,1-2H3,(H2,19,20,21,22,24). The summed E-state index contributed by atoms with van der Waals surface area (Å²) in [5, 5.41) is 9.07. The predicted molar refractivity (Wildman–Crippen MR) is 97.0 cm³/mol. The van der Waals surface area contributed by atoms with Crippen molar-refractivity contribution >= 4 is 21.9 Å². The zero-order valence-electron chi connectivity index (χ0n) is 14.5. The topological polar surface area (TPSA) is 108 Å². The number of nitrogens with zero attached hydrogens (tertiary/aromatic N) is 3. The fourth-order valence-electron chi connectivity index (χ4n) is 2.22. The van der Waals surface area contributed by atoms with Gasteiger partial charge in [0.1, 0.15) is 5.82 Å². The number of aromatic nitrogens is 3. The maximum atomic E-state index is 13.0. The van der Waals surface area contributed by atoms with Crippen LogP contribution in [0.25, 0.3) is 11.4 Å². The van der Waals surface area contributed by atoms with E-state index in [9.17, 15) is 17.6 Å². The zero-order valence-corrected chi connectivity index (χ0v) is 15.3. The average Bonchev–Trinajstić information content (AvgIpc) is 3.10. The molecule has 0 unspecified atom stereocenters. The van der Waals surface area contributed by atoms with Crippen LogP contribution in [0, 0.1) is 5.82 Å². The van der Waals surface area contributed by atoms with Gasteiger partial charge in [0.25, 0.3) is 5.91 Å². The Balaban J connectivity index is 1.73. The van der Waals surface area contributed by atoms with E-state index < -0.39 is 15.9 Å². The number of anilines is 1. The van der Waals surface area contributed by atoms with Gasteiger partial charge in [0, 0.05) is 25.2 Å². The summed E-state index contributed by atoms with van der Waals surface area (Å²) >= 11 is 0. The van der Waals surface area contributed by atoms with Gasteiger partial charge in [-0.2, -0.15) is 4.98 Å². The average molecular weight is 389 g/mol. The third-order valence-corrected chi connectivity index (χ3v) is 5.55. The first-order valence-corrected chi connectivity index (χ1v) is 9.23. The third-order valence-electron chi connectivity index (χ3n) is 3.72. The summed E-state index contributed by atoms with van der Waals surface area (Å²) in [7, 11) is -0.706. The molecule has 0 bridgehead atoms. The molecule has 1 heterocycles. The SMILES string of the molecule is CN(C)S(=O)(=O)c1ccc(C(=O)Nc2n[nH]c(-c3ccc(F)cc3)n2)cc1. The van der Waals surface area contributed by atoms with Gasteiger partial charge >= 0.3 is 0 Å². The normalized spacial score (nSPS) is 11.6. The van der Waals surface area contributed by atoms with Crippen molar-refractivity contribution in [3.8, 4) is 11.4 Å². The van der Waals surface area contributed by atoms with Gasteiger partial charge in [-0.25, -0.2) is 17.1 Å². The summed E-state index contributed by atoms with van der Waals surface area (Å²) in [6.45, 7) is 0. The fourth-order valence-corrected chi connectivity index (χ4v) is 3.12. The minimum absolute atomic E-state index is 0.0457. The molecule has 0 atom stereocenters. The molecule has 2 N–H and O–H groups in total. The number of sulfonamides is 1. The molecule has 0 radical (unpaired) electrons. The summed E-state index contributed by atoms with van der Waals surface area (Å²) in [4.78, 5) is 16.5. The summed E-state index contributed by atoms with van der Waals surface area (Å²) in [6.07, 6.45) is 0. The highest BCUT2D eigenvalue weighted by molar-refractivity contribution is 7.89. The van der Waals surface area contributed by atoms with Gasteiger partial charge in [-0.15, -0.1) is 5.10 Å². The van der Waals surface area contributed by atoms with E-state index in [0.29, 0.717) is 11.4 Å². The summed E-state index contributed by atoms with van der Waals surface area (Å²) in [5.74, 6) is -0.443. The first-order valence-electron chi connectivity index (χ1n) is 7.79. The van der Waals surface area contributed by atoms with E-state index in [1.807, 2.05) is 0 Å². The minimum atomic E-state index is -3.56. The number of H-pyrrole nitrogens is 1. The van der Waals surface area contributed by atoms with Crippen LogP contribution < -0.4 is 5.32 Å². The molecule has 1 aromatic heterocycles. The molecule has 0 fully saturated rings. The van der Waals surface area contributed by atoms with Gasteiger partial charge in [0.05, 0.1) is 4.90 Å². The second-order valence-electron chi connectivity index (χ2n) is 5.78. The largest absolute Gasteiger partial charge is 0.289 e. The van der Waals surface area contributed by atoms with Crippen LogP contribution in [-0.4, -0.2) is 47.9 Å². The Morgan fingerprint density at radius 3 is 2.30 bits per heavy atom. The molecule has 8 nitrogen and oxygen atoms in total. The lowest BCUT2D eigenvalue weighted by Gasteiger charge is -2.11. The highest BCUT2D eigenvalue weighted by atomic mass is 32.2. The first kappa shape index (κ1) is 18.7. The first-order chi connectivity index (χ1) is 12.8. The quantitative estimate of drug-likeness (QED) is 0.695. The Labute approximate surface area is 155 Å². The van der Waals surface area contributed by atoms with Crippen molar-refractivity contribution in [2.75, 3.05) is 19.4 Å². The highest BCUT2D eigenvalue weighted by Crippen LogP contribution is 2.17. The van der Waals surface area contributed by atoms with E-state index in [-0.39, 0.29) is 22.2 Å². The molecule has 3 aromatic rings. The van der Waals surface area contributed by atoms with E-state index in [2.05, 4.69) is 20.5 Å². The Hall–Kier alpha value is -3.11. The monoisotopic (exact) mass is 389 g/mol. The number of hydrogen-bond acceptors (Lipinski definition) is 5. The lowest BCUT2D eigenvalue weighted by atomic mass is 10.2. The lowest BCUT2D eigenvalue weighted by molar-refractivity contribution is 0.102. The maximum absolute atomic E-state index is 13.0. The van der Waals surface area contributed by atoms with E-state index in [1.165, 1.54) is 62.6 Å². The molecule has 0 spiro atoms. The summed E-state index contributed by atoms with van der Waals surface area (Å²) in [5.41, 5.74) is 0.864. The maximum Gasteiger partial charge on any atom is 0.258 e. The minimum Gasteiger partial charge on any atom is -0.289 e. The van der Waals surface area contributed by atoms with Crippen LogP contribution in [0.15, 0.2) is 53.4 Å². The van der Waals surface area contributed by atoms with Gasteiger partial charge in [-0.1, -0.05) is 0 Å². The molecule has 0 saturated carbocycles. The van der Waals surface area contributed by atoms with Crippen LogP contribution in [-0.2, 0) is 10.0 Å². The van der Waals surface area contributed by atoms with Crippen LogP contribution >= 0.6 is 0 Å². The predicted octanol–water partition coefficient (Wildman–Crippen LogP) is 2.11. The van der Waals surface area contributed by atoms with Crippen molar-refractivity contribution in [2.24, 2.45) is 0 Å². The highest BCUT2D eigenvalue weighted by Gasteiger charge is 2.18. The van der Waals surface area contributed by atoms with E-state index >= 15 is 0 Å². The van der Waals surface area contributed by atoms with Crippen LogP contribution in [0.2, 0.25) is 0 Å². The zero-order chi connectivity index (χ0) is 19.6. The summed E-state index contributed by atoms with van der Waals surface area (Å²) in [6, 6.07) is 11.2. The Morgan fingerprint density at radius 2 is 1.70 bits per heavy atom. The molecule has 1 amide bonds. The van der Waals surface area contributed by atoms with Gasteiger partial charge in [-0.3, -0.25) is 15.2 Å². The van der Waals surface area contributed by atoms with Crippen LogP contribution in [0.5, 0.6) is 0 Å². The van der Waals surface area contributed by atoms with Gasteiger partial charge in [0.2, 0.25) is 16.0 Å². The Bertz CT molecular complexity index is 1060. The van der Waals surface area contributed by atoms with Crippen LogP contribution in [0.3, 0.4) is 0 Å². The molecule has 3 rings (SSSR count). The van der Waals surface area contributed by atoms with Crippen LogP contribution in [0.1, 0.15) is 10.4 Å². The van der Waals surface area contributed by atoms with Crippen molar-refractivity contribution in [1.29, 1.82) is 0 Å². The molecular formula is C17H16FN5O3S. The molecule has 0 aliphatic heterocycles. The number of benzene rings is 2. The molecule has 0 saturated heterocycles. The number of hydrogen-bond donors (Lipinski definition) is 2. The smallest absolute Gasteiger partial charge is 0.258 e. The number of amides is 1. The molecular weight excluding hydrogens is 373 g/mol. The van der Waals surface area contributed by atoms with E-state index in [1.54, 1.807) is 0 Å². The number of aromatic amines is 1. The van der Waals surface area contributed by atoms with E-state index in [4.69, 9.17) is 0 Å². The van der Waals surface area contributed by atoms with Crippen molar-refractivity contribution in [3.63, 3.8) is 0 Å². The molecule has 0 aliphatic carbocycles. The number of carbonyl (C=O) groups excluding carboxylic acids is 1. The van der Waals surface area contributed by atoms with Gasteiger partial charge in [-0.05, 0) is 48.5 Å². The number of carbonyl (C=O) groups is 1. The fraction of sp³-hybridized carbons (Fsp3) is 0.118. The molecule has 140 valence electrons. The number of rotatable bonds is 5. The molecule has 10 heteroatoms. The molecule has 0 aliphatic rings. The van der Waals surface area contributed by atoms with Crippen molar-refractivity contribution in [3.05, 3.63) is 59.9 Å². The van der Waals surface area contributed by atoms with Gasteiger partial charge in [0.15, 0.2) is 5.82 Å². The summed E-state index contributed by atoms with van der Waals surface area (Å²) < 4.78 is 38.1. The Morgan fingerprint density at radius 1 is 1.07 bits per heavy atom. The van der Waals surface area contributed by atoms with Crippen molar-refractivity contribution < 1.29 is 17.6 Å². The molecule has 2 aromatic carbocycles.